The zero-order valence-corrected chi connectivity index (χ0v) is 19.1. The zero-order valence-electron chi connectivity index (χ0n) is 19.1. The molecule has 166 valence electrons. The van der Waals surface area contributed by atoms with Gasteiger partial charge in [0.15, 0.2) is 0 Å². The summed E-state index contributed by atoms with van der Waals surface area (Å²) in [4.78, 5) is 20.1. The van der Waals surface area contributed by atoms with Gasteiger partial charge < -0.3 is 14.9 Å². The summed E-state index contributed by atoms with van der Waals surface area (Å²) in [6, 6.07) is 14.5. The minimum Gasteiger partial charge on any atom is -0.508 e. The average molecular weight is 422 g/mol. The van der Waals surface area contributed by atoms with Crippen LogP contribution in [-0.4, -0.2) is 66.1 Å². The number of anilines is 1. The summed E-state index contributed by atoms with van der Waals surface area (Å²) in [6.45, 7) is 8.18. The van der Waals surface area contributed by atoms with Crippen LogP contribution in [0, 0.1) is 0 Å². The quantitative estimate of drug-likeness (QED) is 0.806. The Hall–Kier alpha value is -2.53. The molecule has 0 bridgehead atoms. The summed E-state index contributed by atoms with van der Waals surface area (Å²) >= 11 is 0. The van der Waals surface area contributed by atoms with Crippen molar-refractivity contribution in [2.75, 3.05) is 38.1 Å². The molecule has 0 spiro atoms. The highest BCUT2D eigenvalue weighted by atomic mass is 16.3. The van der Waals surface area contributed by atoms with E-state index in [1.54, 1.807) is 6.07 Å². The van der Waals surface area contributed by atoms with E-state index in [9.17, 15) is 9.90 Å². The molecule has 1 N–H and O–H groups in total. The van der Waals surface area contributed by atoms with Crippen LogP contribution in [0.25, 0.3) is 0 Å². The molecule has 0 radical (unpaired) electrons. The number of benzene rings is 2. The van der Waals surface area contributed by atoms with Crippen molar-refractivity contribution in [3.8, 4) is 5.75 Å². The number of piperazine rings is 1. The van der Waals surface area contributed by atoms with Gasteiger partial charge in [-0.05, 0) is 82.0 Å². The fraction of sp³-hybridized carbons (Fsp3) is 0.500. The first-order chi connectivity index (χ1) is 14.9. The van der Waals surface area contributed by atoms with Gasteiger partial charge in [-0.25, -0.2) is 0 Å². The normalized spacial score (nSPS) is 22.5. The molecule has 31 heavy (non-hydrogen) atoms. The number of amides is 1. The van der Waals surface area contributed by atoms with E-state index >= 15 is 0 Å². The number of likely N-dealkylation sites (N-methyl/N-ethyl adjacent to an activating group) is 1. The first-order valence-electron chi connectivity index (χ1n) is 11.6. The summed E-state index contributed by atoms with van der Waals surface area (Å²) in [5.74, 6) is 0.442. The third-order valence-corrected chi connectivity index (χ3v) is 6.89. The molecule has 1 amide bonds. The van der Waals surface area contributed by atoms with E-state index in [4.69, 9.17) is 0 Å². The molecule has 2 aromatic carbocycles. The lowest BCUT2D eigenvalue weighted by Crippen LogP contribution is -2.55. The summed E-state index contributed by atoms with van der Waals surface area (Å²) in [5, 5.41) is 9.91. The van der Waals surface area contributed by atoms with E-state index in [0.29, 0.717) is 12.1 Å². The fourth-order valence-electron chi connectivity index (χ4n) is 4.91. The van der Waals surface area contributed by atoms with Gasteiger partial charge >= 0.3 is 0 Å². The lowest BCUT2D eigenvalue weighted by atomic mass is 9.97. The van der Waals surface area contributed by atoms with Gasteiger partial charge in [-0.2, -0.15) is 0 Å². The number of likely N-dealkylation sites (tertiary alicyclic amines) is 1. The molecule has 0 saturated carbocycles. The highest BCUT2D eigenvalue weighted by molar-refractivity contribution is 5.95. The first kappa shape index (κ1) is 21.7. The highest BCUT2D eigenvalue weighted by Crippen LogP contribution is 2.31. The van der Waals surface area contributed by atoms with Crippen molar-refractivity contribution in [1.29, 1.82) is 0 Å². The number of piperidine rings is 1. The topological polar surface area (TPSA) is 47.0 Å². The Morgan fingerprint density at radius 2 is 1.77 bits per heavy atom. The zero-order chi connectivity index (χ0) is 22.0. The van der Waals surface area contributed by atoms with Crippen LogP contribution < -0.4 is 4.90 Å². The molecule has 2 heterocycles. The second kappa shape index (κ2) is 9.31. The van der Waals surface area contributed by atoms with Crippen LogP contribution >= 0.6 is 0 Å². The van der Waals surface area contributed by atoms with Crippen molar-refractivity contribution in [2.45, 2.75) is 51.6 Å². The average Bonchev–Trinajstić information content (AvgIpc) is 2.77. The van der Waals surface area contributed by atoms with Crippen LogP contribution in [0.1, 0.15) is 54.6 Å². The Morgan fingerprint density at radius 1 is 1.00 bits per heavy atom. The Kier molecular flexibility index (Phi) is 6.51. The number of hydrogen-bond donors (Lipinski definition) is 1. The maximum absolute atomic E-state index is 13.2. The number of aromatic hydroxyl groups is 1. The predicted molar refractivity (Wildman–Crippen MR) is 126 cm³/mol. The minimum atomic E-state index is 0.152. The van der Waals surface area contributed by atoms with Crippen molar-refractivity contribution in [1.82, 2.24) is 9.80 Å². The maximum atomic E-state index is 13.2. The van der Waals surface area contributed by atoms with Gasteiger partial charge in [0.1, 0.15) is 5.75 Å². The predicted octanol–water partition coefficient (Wildman–Crippen LogP) is 4.14. The molecule has 4 rings (SSSR count). The number of rotatable bonds is 4. The lowest BCUT2D eigenvalue weighted by Gasteiger charge is -2.44. The van der Waals surface area contributed by atoms with Gasteiger partial charge in [0.25, 0.3) is 5.91 Å². The SMILES string of the molecule is C[C@H]1CN(c2cc(C(=O)N3CCCCC3)ccc2Cc2cccc(O)c2)[C@@H](C)CN1C. The molecule has 2 aliphatic rings. The summed E-state index contributed by atoms with van der Waals surface area (Å²) < 4.78 is 0. The molecule has 0 aromatic heterocycles. The van der Waals surface area contributed by atoms with Crippen LogP contribution in [0.4, 0.5) is 5.69 Å². The summed E-state index contributed by atoms with van der Waals surface area (Å²) in [6.07, 6.45) is 4.15. The van der Waals surface area contributed by atoms with Gasteiger partial charge in [-0.3, -0.25) is 9.69 Å². The summed E-state index contributed by atoms with van der Waals surface area (Å²) in [5.41, 5.74) is 4.21. The Morgan fingerprint density at radius 3 is 2.52 bits per heavy atom. The van der Waals surface area contributed by atoms with Gasteiger partial charge in [0, 0.05) is 49.5 Å². The third kappa shape index (κ3) is 4.87. The van der Waals surface area contributed by atoms with E-state index in [-0.39, 0.29) is 11.7 Å². The largest absolute Gasteiger partial charge is 0.508 e. The van der Waals surface area contributed by atoms with Crippen LogP contribution in [-0.2, 0) is 6.42 Å². The first-order valence-corrected chi connectivity index (χ1v) is 11.6. The van der Waals surface area contributed by atoms with Crippen LogP contribution in [0.3, 0.4) is 0 Å². The van der Waals surface area contributed by atoms with E-state index < -0.39 is 0 Å². The Labute approximate surface area is 186 Å². The van der Waals surface area contributed by atoms with E-state index in [0.717, 1.165) is 62.3 Å². The van der Waals surface area contributed by atoms with Gasteiger partial charge in [-0.1, -0.05) is 18.2 Å². The molecule has 5 heteroatoms. The number of nitrogens with zero attached hydrogens (tertiary/aromatic N) is 3. The van der Waals surface area contributed by atoms with Gasteiger partial charge in [0.2, 0.25) is 0 Å². The van der Waals surface area contributed by atoms with E-state index in [1.165, 1.54) is 12.0 Å². The molecule has 5 nitrogen and oxygen atoms in total. The fourth-order valence-corrected chi connectivity index (χ4v) is 4.91. The van der Waals surface area contributed by atoms with E-state index in [2.05, 4.69) is 42.8 Å². The van der Waals surface area contributed by atoms with Crippen molar-refractivity contribution in [3.05, 3.63) is 59.2 Å². The third-order valence-electron chi connectivity index (χ3n) is 6.89. The van der Waals surface area contributed by atoms with Crippen molar-refractivity contribution < 1.29 is 9.90 Å². The standard InChI is InChI=1S/C26H35N3O2/c1-19-18-29(20(2)17-27(19)3)25-16-23(26(31)28-12-5-4-6-13-28)11-10-22(25)14-21-8-7-9-24(30)15-21/h7-11,15-16,19-20,30H,4-6,12-14,17-18H2,1-3H3/t19-,20-/m0/s1. The molecular formula is C26H35N3O2. The number of phenols is 1. The molecule has 2 atom stereocenters. The molecule has 2 aliphatic heterocycles. The van der Waals surface area contributed by atoms with Crippen molar-refractivity contribution >= 4 is 11.6 Å². The molecule has 0 aliphatic carbocycles. The van der Waals surface area contributed by atoms with Gasteiger partial charge in [0.05, 0.1) is 0 Å². The highest BCUT2D eigenvalue weighted by Gasteiger charge is 2.29. The molecule has 2 aromatic rings. The monoisotopic (exact) mass is 421 g/mol. The van der Waals surface area contributed by atoms with Crippen molar-refractivity contribution in [3.63, 3.8) is 0 Å². The number of carbonyl (C=O) groups excluding carboxylic acids is 1. The number of phenolic OH excluding ortho intramolecular Hbond substituents is 1. The lowest BCUT2D eigenvalue weighted by molar-refractivity contribution is 0.0724. The van der Waals surface area contributed by atoms with Gasteiger partial charge in [-0.15, -0.1) is 0 Å². The second-order valence-corrected chi connectivity index (χ2v) is 9.33. The second-order valence-electron chi connectivity index (χ2n) is 9.33. The van der Waals surface area contributed by atoms with Crippen LogP contribution in [0.15, 0.2) is 42.5 Å². The maximum Gasteiger partial charge on any atom is 0.253 e. The molecule has 0 unspecified atom stereocenters. The number of hydrogen-bond acceptors (Lipinski definition) is 4. The molecule has 2 fully saturated rings. The Bertz CT molecular complexity index is 923. The molecule has 2 saturated heterocycles. The van der Waals surface area contributed by atoms with Crippen LogP contribution in [0.2, 0.25) is 0 Å². The smallest absolute Gasteiger partial charge is 0.253 e. The Balaban J connectivity index is 1.69. The van der Waals surface area contributed by atoms with Crippen molar-refractivity contribution in [2.24, 2.45) is 0 Å². The molecular weight excluding hydrogens is 386 g/mol. The number of carbonyl (C=O) groups is 1. The summed E-state index contributed by atoms with van der Waals surface area (Å²) in [7, 11) is 2.18. The van der Waals surface area contributed by atoms with Crippen LogP contribution in [0.5, 0.6) is 5.75 Å². The minimum absolute atomic E-state index is 0.152. The van der Waals surface area contributed by atoms with E-state index in [1.807, 2.05) is 29.2 Å².